The number of amides is 3. The third-order valence-electron chi connectivity index (χ3n) is 6.75. The molecule has 0 unspecified atom stereocenters. The summed E-state index contributed by atoms with van der Waals surface area (Å²) in [6, 6.07) is 4.95. The predicted octanol–water partition coefficient (Wildman–Crippen LogP) is 2.73. The van der Waals surface area contributed by atoms with Crippen molar-refractivity contribution >= 4 is 35.0 Å². The number of allylic oxidation sites excluding steroid dienone is 2. The summed E-state index contributed by atoms with van der Waals surface area (Å²) < 4.78 is 5.22. The summed E-state index contributed by atoms with van der Waals surface area (Å²) in [6.45, 7) is 0.105. The van der Waals surface area contributed by atoms with Crippen molar-refractivity contribution in [1.82, 2.24) is 4.90 Å². The Morgan fingerprint density at radius 1 is 1.18 bits per heavy atom. The van der Waals surface area contributed by atoms with E-state index in [1.54, 1.807) is 18.2 Å². The number of methoxy groups -OCH3 is 1. The molecule has 146 valence electrons. The SMILES string of the molecule is COc1ccc(Cl)cc1NC(=O)CCN1C(=O)[C@H]2[C@@H]3C=C[C@H]([C@@H]4C[C@H]34)[C@@H]2C1=O. The molecule has 1 aromatic carbocycles. The van der Waals surface area contributed by atoms with E-state index < -0.39 is 0 Å². The van der Waals surface area contributed by atoms with Crippen LogP contribution in [0.1, 0.15) is 12.8 Å². The lowest BCUT2D eigenvalue weighted by atomic mass is 9.63. The zero-order valence-electron chi connectivity index (χ0n) is 15.4. The number of nitrogens with one attached hydrogen (secondary N) is 1. The van der Waals surface area contributed by atoms with Gasteiger partial charge >= 0.3 is 0 Å². The van der Waals surface area contributed by atoms with Crippen LogP contribution in [-0.4, -0.2) is 36.3 Å². The monoisotopic (exact) mass is 400 g/mol. The normalized spacial score (nSPS) is 34.3. The van der Waals surface area contributed by atoms with Gasteiger partial charge in [0.05, 0.1) is 24.6 Å². The highest BCUT2D eigenvalue weighted by molar-refractivity contribution is 6.31. The number of carbonyl (C=O) groups is 3. The fourth-order valence-electron chi connectivity index (χ4n) is 5.44. The van der Waals surface area contributed by atoms with Gasteiger partial charge in [-0.15, -0.1) is 0 Å². The maximum Gasteiger partial charge on any atom is 0.233 e. The van der Waals surface area contributed by atoms with Crippen LogP contribution < -0.4 is 10.1 Å². The van der Waals surface area contributed by atoms with Gasteiger partial charge in [-0.25, -0.2) is 0 Å². The molecule has 1 heterocycles. The predicted molar refractivity (Wildman–Crippen MR) is 103 cm³/mol. The maximum absolute atomic E-state index is 12.9. The van der Waals surface area contributed by atoms with Crippen LogP contribution in [0.3, 0.4) is 0 Å². The number of ether oxygens (including phenoxy) is 1. The second kappa shape index (κ2) is 6.34. The fourth-order valence-corrected chi connectivity index (χ4v) is 5.62. The van der Waals surface area contributed by atoms with E-state index in [1.807, 2.05) is 0 Å². The standard InChI is InChI=1S/C21H21ClN2O4/c1-28-16-5-2-10(22)8-15(16)23-17(25)6-7-24-20(26)18-11-3-4-12(14-9-13(11)14)19(18)21(24)27/h2-5,8,11-14,18-19H,6-7,9H2,1H3,(H,23,25)/t11-,12-,13-,14+,18+,19+/m1/s1. The van der Waals surface area contributed by atoms with Crippen LogP contribution in [-0.2, 0) is 14.4 Å². The number of carbonyl (C=O) groups excluding carboxylic acids is 3. The molecule has 0 radical (unpaired) electrons. The Hall–Kier alpha value is -2.34. The Balaban J connectivity index is 1.25. The number of halogens is 1. The van der Waals surface area contributed by atoms with E-state index in [0.29, 0.717) is 28.3 Å². The summed E-state index contributed by atoms with van der Waals surface area (Å²) >= 11 is 5.98. The molecule has 6 rings (SSSR count). The lowest BCUT2D eigenvalue weighted by Gasteiger charge is -2.37. The number of hydrogen-bond donors (Lipinski definition) is 1. The van der Waals surface area contributed by atoms with Crippen molar-refractivity contribution in [3.05, 3.63) is 35.4 Å². The molecular formula is C21H21ClN2O4. The second-order valence-electron chi connectivity index (χ2n) is 8.13. The minimum absolute atomic E-state index is 0.0439. The number of rotatable bonds is 5. The molecule has 0 aromatic heterocycles. The highest BCUT2D eigenvalue weighted by atomic mass is 35.5. The lowest BCUT2D eigenvalue weighted by Crippen LogP contribution is -2.40. The van der Waals surface area contributed by atoms with Crippen molar-refractivity contribution in [3.63, 3.8) is 0 Å². The maximum atomic E-state index is 12.9. The lowest BCUT2D eigenvalue weighted by molar-refractivity contribution is -0.140. The van der Waals surface area contributed by atoms with Gasteiger partial charge in [0.25, 0.3) is 0 Å². The molecule has 28 heavy (non-hydrogen) atoms. The first-order valence-electron chi connectivity index (χ1n) is 9.66. The van der Waals surface area contributed by atoms with Crippen molar-refractivity contribution in [2.45, 2.75) is 12.8 Å². The average Bonchev–Trinajstić information content (AvgIpc) is 3.46. The topological polar surface area (TPSA) is 75.7 Å². The van der Waals surface area contributed by atoms with Crippen molar-refractivity contribution < 1.29 is 19.1 Å². The number of likely N-dealkylation sites (tertiary alicyclic amines) is 1. The zero-order valence-corrected chi connectivity index (χ0v) is 16.2. The summed E-state index contributed by atoms with van der Waals surface area (Å²) in [4.78, 5) is 39.6. The highest BCUT2D eigenvalue weighted by Gasteiger charge is 2.66. The minimum atomic E-state index is -0.292. The van der Waals surface area contributed by atoms with Crippen LogP contribution in [0.5, 0.6) is 5.75 Å². The molecule has 1 aromatic rings. The Kier molecular flexibility index (Phi) is 4.02. The molecule has 3 amide bonds. The van der Waals surface area contributed by atoms with Gasteiger partial charge in [-0.2, -0.15) is 0 Å². The quantitative estimate of drug-likeness (QED) is 0.609. The van der Waals surface area contributed by atoms with E-state index in [9.17, 15) is 14.4 Å². The molecule has 2 saturated carbocycles. The van der Waals surface area contributed by atoms with E-state index in [1.165, 1.54) is 12.0 Å². The molecule has 6 nitrogen and oxygen atoms in total. The number of anilines is 1. The smallest absolute Gasteiger partial charge is 0.233 e. The Labute approximate surface area is 167 Å². The van der Waals surface area contributed by atoms with Crippen LogP contribution in [0.15, 0.2) is 30.4 Å². The third-order valence-corrected chi connectivity index (χ3v) is 6.99. The minimum Gasteiger partial charge on any atom is -0.495 e. The Bertz CT molecular complexity index is 878. The molecule has 1 saturated heterocycles. The average molecular weight is 401 g/mol. The van der Waals surface area contributed by atoms with Crippen molar-refractivity contribution in [2.24, 2.45) is 35.5 Å². The molecule has 4 aliphatic carbocycles. The molecule has 2 bridgehead atoms. The Morgan fingerprint density at radius 3 is 2.43 bits per heavy atom. The first kappa shape index (κ1) is 17.7. The molecule has 1 N–H and O–H groups in total. The molecule has 0 spiro atoms. The van der Waals surface area contributed by atoms with E-state index in [4.69, 9.17) is 16.3 Å². The number of hydrogen-bond acceptors (Lipinski definition) is 4. The summed E-state index contributed by atoms with van der Waals surface area (Å²) in [5.41, 5.74) is 0.468. The van der Waals surface area contributed by atoms with Gasteiger partial charge in [0, 0.05) is 18.0 Å². The highest BCUT2D eigenvalue weighted by Crippen LogP contribution is 2.65. The van der Waals surface area contributed by atoms with E-state index in [0.717, 1.165) is 6.42 Å². The van der Waals surface area contributed by atoms with Gasteiger partial charge in [-0.1, -0.05) is 23.8 Å². The van der Waals surface area contributed by atoms with Gasteiger partial charge in [0.2, 0.25) is 17.7 Å². The molecular weight excluding hydrogens is 380 g/mol. The van der Waals surface area contributed by atoms with Crippen molar-refractivity contribution in [1.29, 1.82) is 0 Å². The zero-order chi connectivity index (χ0) is 19.6. The first-order chi connectivity index (χ1) is 13.5. The van der Waals surface area contributed by atoms with Crippen molar-refractivity contribution in [3.8, 4) is 5.75 Å². The molecule has 1 aliphatic heterocycles. The summed E-state index contributed by atoms with van der Waals surface area (Å²) in [6.07, 6.45) is 5.47. The second-order valence-corrected chi connectivity index (χ2v) is 8.56. The van der Waals surface area contributed by atoms with Crippen LogP contribution in [0, 0.1) is 35.5 Å². The molecule has 5 aliphatic rings. The van der Waals surface area contributed by atoms with Gasteiger partial charge in [0.1, 0.15) is 5.75 Å². The third kappa shape index (κ3) is 2.58. The molecule has 6 atom stereocenters. The number of nitrogens with zero attached hydrogens (tertiary/aromatic N) is 1. The number of imide groups is 1. The van der Waals surface area contributed by atoms with Crippen LogP contribution in [0.25, 0.3) is 0 Å². The van der Waals surface area contributed by atoms with Gasteiger partial charge in [0.15, 0.2) is 0 Å². The van der Waals surface area contributed by atoms with E-state index in [2.05, 4.69) is 17.5 Å². The largest absolute Gasteiger partial charge is 0.495 e. The number of benzene rings is 1. The fraction of sp³-hybridized carbons (Fsp3) is 0.476. The molecule has 3 fully saturated rings. The Morgan fingerprint density at radius 2 is 1.82 bits per heavy atom. The van der Waals surface area contributed by atoms with Crippen LogP contribution >= 0.6 is 11.6 Å². The van der Waals surface area contributed by atoms with Crippen LogP contribution in [0.4, 0.5) is 5.69 Å². The van der Waals surface area contributed by atoms with Crippen LogP contribution in [0.2, 0.25) is 5.02 Å². The summed E-state index contributed by atoms with van der Waals surface area (Å²) in [5, 5.41) is 3.23. The van der Waals surface area contributed by atoms with Crippen molar-refractivity contribution in [2.75, 3.05) is 19.0 Å². The van der Waals surface area contributed by atoms with E-state index in [-0.39, 0.29) is 54.4 Å². The van der Waals surface area contributed by atoms with E-state index >= 15 is 0 Å². The van der Waals surface area contributed by atoms with Gasteiger partial charge in [-0.05, 0) is 48.3 Å². The summed E-state index contributed by atoms with van der Waals surface area (Å²) in [7, 11) is 1.51. The summed E-state index contributed by atoms with van der Waals surface area (Å²) in [5.74, 6) is 1.11. The van der Waals surface area contributed by atoms with Gasteiger partial charge < -0.3 is 10.1 Å². The first-order valence-corrected chi connectivity index (χ1v) is 10.0. The molecule has 7 heteroatoms. The van der Waals surface area contributed by atoms with Gasteiger partial charge in [-0.3, -0.25) is 19.3 Å².